The number of ether oxygens (including phenoxy) is 3. The number of methoxy groups -OCH3 is 2. The summed E-state index contributed by atoms with van der Waals surface area (Å²) in [6, 6.07) is 8.13. The topological polar surface area (TPSA) is 97.7 Å². The molecule has 0 saturated heterocycles. The third-order valence-electron chi connectivity index (χ3n) is 2.96. The van der Waals surface area contributed by atoms with E-state index in [1.54, 1.807) is 17.5 Å². The molecule has 1 aromatic carbocycles. The van der Waals surface area contributed by atoms with Crippen molar-refractivity contribution in [2.24, 2.45) is 0 Å². The van der Waals surface area contributed by atoms with Crippen molar-refractivity contribution in [3.8, 4) is 17.6 Å². The van der Waals surface area contributed by atoms with E-state index in [0.29, 0.717) is 22.1 Å². The van der Waals surface area contributed by atoms with E-state index in [1.165, 1.54) is 37.7 Å². The number of hydrogen-bond donors (Lipinski definition) is 1. The van der Waals surface area contributed by atoms with Crippen molar-refractivity contribution in [3.05, 3.63) is 40.8 Å². The maximum absolute atomic E-state index is 12.0. The van der Waals surface area contributed by atoms with Crippen molar-refractivity contribution >= 4 is 28.2 Å². The summed E-state index contributed by atoms with van der Waals surface area (Å²) < 4.78 is 15.1. The monoisotopic (exact) mass is 346 g/mol. The number of amides is 1. The Morgan fingerprint density at radius 1 is 1.21 bits per heavy atom. The molecule has 0 bridgehead atoms. The Morgan fingerprint density at radius 2 is 1.88 bits per heavy atom. The van der Waals surface area contributed by atoms with Crippen LogP contribution < -0.4 is 14.8 Å². The number of carbonyl (C=O) groups excluding carboxylic acids is 2. The van der Waals surface area contributed by atoms with Crippen LogP contribution in [0.15, 0.2) is 29.6 Å². The molecule has 2 aromatic rings. The van der Waals surface area contributed by atoms with E-state index in [1.807, 2.05) is 6.07 Å². The molecule has 0 saturated carbocycles. The van der Waals surface area contributed by atoms with Crippen molar-refractivity contribution < 1.29 is 23.8 Å². The molecule has 0 aliphatic rings. The van der Waals surface area contributed by atoms with Gasteiger partial charge in [0.2, 0.25) is 0 Å². The average Bonchev–Trinajstić information content (AvgIpc) is 3.06. The van der Waals surface area contributed by atoms with Crippen LogP contribution in [0.2, 0.25) is 0 Å². The lowest BCUT2D eigenvalue weighted by Gasteiger charge is -2.09. The minimum Gasteiger partial charge on any atom is -0.497 e. The summed E-state index contributed by atoms with van der Waals surface area (Å²) in [6.45, 7) is -0.471. The molecule has 1 heterocycles. The zero-order chi connectivity index (χ0) is 17.5. The highest BCUT2D eigenvalue weighted by Gasteiger charge is 2.14. The second kappa shape index (κ2) is 7.99. The van der Waals surface area contributed by atoms with Gasteiger partial charge in [-0.2, -0.15) is 5.26 Å². The number of anilines is 1. The van der Waals surface area contributed by atoms with E-state index in [2.05, 4.69) is 5.32 Å². The largest absolute Gasteiger partial charge is 0.497 e. The molecular formula is C16H14N2O5S. The Morgan fingerprint density at radius 3 is 2.46 bits per heavy atom. The molecule has 24 heavy (non-hydrogen) atoms. The van der Waals surface area contributed by atoms with Crippen molar-refractivity contribution in [3.63, 3.8) is 0 Å². The Kier molecular flexibility index (Phi) is 5.76. The predicted molar refractivity (Wildman–Crippen MR) is 87.5 cm³/mol. The van der Waals surface area contributed by atoms with Gasteiger partial charge in [0.15, 0.2) is 6.61 Å². The van der Waals surface area contributed by atoms with Crippen LogP contribution in [0.25, 0.3) is 0 Å². The maximum atomic E-state index is 12.0. The molecule has 2 rings (SSSR count). The molecular weight excluding hydrogens is 332 g/mol. The van der Waals surface area contributed by atoms with Crippen LogP contribution >= 0.6 is 11.3 Å². The number of carbonyl (C=O) groups is 2. The zero-order valence-corrected chi connectivity index (χ0v) is 13.8. The summed E-state index contributed by atoms with van der Waals surface area (Å²) >= 11 is 1.21. The Hall–Kier alpha value is -3.05. The van der Waals surface area contributed by atoms with E-state index in [4.69, 9.17) is 19.5 Å². The Balaban J connectivity index is 1.98. The number of hydrogen-bond acceptors (Lipinski definition) is 7. The third kappa shape index (κ3) is 4.24. The number of nitriles is 1. The number of esters is 1. The summed E-state index contributed by atoms with van der Waals surface area (Å²) in [5.74, 6) is -0.350. The van der Waals surface area contributed by atoms with Crippen molar-refractivity contribution in [2.45, 2.75) is 0 Å². The maximum Gasteiger partial charge on any atom is 0.338 e. The van der Waals surface area contributed by atoms with E-state index in [0.717, 1.165) is 0 Å². The van der Waals surface area contributed by atoms with Gasteiger partial charge in [-0.25, -0.2) is 4.79 Å². The standard InChI is InChI=1S/C16H14N2O5S/c1-21-12-5-11(6-13(7-12)22-2)16(20)23-9-14(19)18-15-10(8-17)3-4-24-15/h3-7H,9H2,1-2H3,(H,18,19). The van der Waals surface area contributed by atoms with Crippen molar-refractivity contribution in [1.82, 2.24) is 0 Å². The first-order chi connectivity index (χ1) is 11.6. The fraction of sp³-hybridized carbons (Fsp3) is 0.188. The molecule has 7 nitrogen and oxygen atoms in total. The number of thiophene rings is 1. The highest BCUT2D eigenvalue weighted by Crippen LogP contribution is 2.23. The number of benzene rings is 1. The molecule has 0 aliphatic carbocycles. The third-order valence-corrected chi connectivity index (χ3v) is 3.79. The first-order valence-electron chi connectivity index (χ1n) is 6.75. The van der Waals surface area contributed by atoms with Crippen molar-refractivity contribution in [1.29, 1.82) is 5.26 Å². The molecule has 0 aliphatic heterocycles. The number of nitrogens with zero attached hydrogens (tertiary/aromatic N) is 1. The van der Waals surface area contributed by atoms with E-state index in [-0.39, 0.29) is 5.56 Å². The summed E-state index contributed by atoms with van der Waals surface area (Å²) in [5.41, 5.74) is 0.560. The average molecular weight is 346 g/mol. The van der Waals surface area contributed by atoms with Crippen LogP contribution in [0.4, 0.5) is 5.00 Å². The summed E-state index contributed by atoms with van der Waals surface area (Å²) in [6.07, 6.45) is 0. The fourth-order valence-electron chi connectivity index (χ4n) is 1.80. The lowest BCUT2D eigenvalue weighted by atomic mass is 10.2. The summed E-state index contributed by atoms with van der Waals surface area (Å²) in [7, 11) is 2.93. The molecule has 124 valence electrons. The SMILES string of the molecule is COc1cc(OC)cc(C(=O)OCC(=O)Nc2sccc2C#N)c1. The van der Waals surface area contributed by atoms with Crippen LogP contribution in [0.1, 0.15) is 15.9 Å². The second-order valence-corrected chi connectivity index (χ2v) is 5.42. The van der Waals surface area contributed by atoms with Gasteiger partial charge in [0, 0.05) is 6.07 Å². The van der Waals surface area contributed by atoms with Crippen LogP contribution in [0, 0.1) is 11.3 Å². The zero-order valence-electron chi connectivity index (χ0n) is 13.0. The lowest BCUT2D eigenvalue weighted by Crippen LogP contribution is -2.20. The van der Waals surface area contributed by atoms with Crippen LogP contribution in [0.3, 0.4) is 0 Å². The Bertz CT molecular complexity index is 772. The van der Waals surface area contributed by atoms with Gasteiger partial charge in [-0.15, -0.1) is 11.3 Å². The van der Waals surface area contributed by atoms with Gasteiger partial charge in [-0.3, -0.25) is 4.79 Å². The summed E-state index contributed by atoms with van der Waals surface area (Å²) in [5, 5.41) is 13.5. The molecule has 1 N–H and O–H groups in total. The summed E-state index contributed by atoms with van der Waals surface area (Å²) in [4.78, 5) is 23.9. The van der Waals surface area contributed by atoms with Gasteiger partial charge in [-0.1, -0.05) is 0 Å². The first-order valence-corrected chi connectivity index (χ1v) is 7.63. The molecule has 0 atom stereocenters. The van der Waals surface area contributed by atoms with E-state index >= 15 is 0 Å². The second-order valence-electron chi connectivity index (χ2n) is 4.50. The van der Waals surface area contributed by atoms with Gasteiger partial charge < -0.3 is 19.5 Å². The first kappa shape index (κ1) is 17.3. The van der Waals surface area contributed by atoms with Gasteiger partial charge >= 0.3 is 5.97 Å². The van der Waals surface area contributed by atoms with Gasteiger partial charge in [0.05, 0.1) is 25.3 Å². The molecule has 0 unspecified atom stereocenters. The molecule has 0 fully saturated rings. The van der Waals surface area contributed by atoms with Gasteiger partial charge in [0.1, 0.15) is 22.6 Å². The van der Waals surface area contributed by atoms with Gasteiger partial charge in [0.25, 0.3) is 5.91 Å². The smallest absolute Gasteiger partial charge is 0.338 e. The number of rotatable bonds is 6. The fourth-order valence-corrected chi connectivity index (χ4v) is 2.55. The van der Waals surface area contributed by atoms with Crippen LogP contribution in [-0.2, 0) is 9.53 Å². The molecule has 0 radical (unpaired) electrons. The minimum absolute atomic E-state index is 0.202. The predicted octanol–water partition coefficient (Wildman–Crippen LogP) is 2.43. The quantitative estimate of drug-likeness (QED) is 0.807. The molecule has 1 amide bonds. The normalized spacial score (nSPS) is 9.71. The van der Waals surface area contributed by atoms with E-state index in [9.17, 15) is 9.59 Å². The highest BCUT2D eigenvalue weighted by molar-refractivity contribution is 7.14. The van der Waals surface area contributed by atoms with Crippen LogP contribution in [0.5, 0.6) is 11.5 Å². The molecule has 8 heteroatoms. The van der Waals surface area contributed by atoms with Crippen LogP contribution in [-0.4, -0.2) is 32.7 Å². The highest BCUT2D eigenvalue weighted by atomic mass is 32.1. The van der Waals surface area contributed by atoms with E-state index < -0.39 is 18.5 Å². The minimum atomic E-state index is -0.686. The van der Waals surface area contributed by atoms with Crippen molar-refractivity contribution in [2.75, 3.05) is 26.1 Å². The van der Waals surface area contributed by atoms with Gasteiger partial charge in [-0.05, 0) is 23.6 Å². The molecule has 1 aromatic heterocycles. The molecule has 0 spiro atoms. The number of nitrogens with one attached hydrogen (secondary N) is 1. The lowest BCUT2D eigenvalue weighted by molar-refractivity contribution is -0.119. The Labute approximate surface area is 142 Å².